The number of hydrogen-bond acceptors (Lipinski definition) is 5. The number of carboxylic acids is 1. The van der Waals surface area contributed by atoms with Gasteiger partial charge in [-0.15, -0.1) is 10.2 Å². The molecule has 1 saturated carbocycles. The first kappa shape index (κ1) is 18.4. The molecular weight excluding hydrogens is 352 g/mol. The zero-order chi connectivity index (χ0) is 18.5. The maximum Gasteiger partial charge on any atom is 0.308 e. The molecule has 138 valence electrons. The van der Waals surface area contributed by atoms with Crippen molar-refractivity contribution in [3.63, 3.8) is 0 Å². The molecule has 1 atom stereocenters. The van der Waals surface area contributed by atoms with Gasteiger partial charge in [0.25, 0.3) is 0 Å². The Hall–Kier alpha value is -2.35. The minimum atomic E-state index is -0.922. The van der Waals surface area contributed by atoms with Crippen LogP contribution in [0.15, 0.2) is 35.5 Å². The molecule has 0 bridgehead atoms. The maximum absolute atomic E-state index is 12.0. The highest BCUT2D eigenvalue weighted by atomic mass is 32.2. The van der Waals surface area contributed by atoms with Gasteiger partial charge in [-0.05, 0) is 18.4 Å². The smallest absolute Gasteiger partial charge is 0.308 e. The lowest BCUT2D eigenvalue weighted by molar-refractivity contribution is -0.141. The van der Waals surface area contributed by atoms with Crippen molar-refractivity contribution >= 4 is 23.6 Å². The Morgan fingerprint density at radius 3 is 2.69 bits per heavy atom. The van der Waals surface area contributed by atoms with E-state index in [0.29, 0.717) is 12.5 Å². The zero-order valence-electron chi connectivity index (χ0n) is 14.6. The van der Waals surface area contributed by atoms with Crippen LogP contribution in [0.25, 0.3) is 0 Å². The van der Waals surface area contributed by atoms with Gasteiger partial charge in [0, 0.05) is 12.5 Å². The quantitative estimate of drug-likeness (QED) is 0.653. The summed E-state index contributed by atoms with van der Waals surface area (Å²) in [7, 11) is 0. The zero-order valence-corrected chi connectivity index (χ0v) is 15.4. The Morgan fingerprint density at radius 2 is 2.04 bits per heavy atom. The molecular formula is C18H22N4O3S. The molecule has 0 aliphatic heterocycles. The van der Waals surface area contributed by atoms with Crippen molar-refractivity contribution in [2.45, 2.75) is 37.4 Å². The van der Waals surface area contributed by atoms with Crippen molar-refractivity contribution < 1.29 is 14.7 Å². The minimum Gasteiger partial charge on any atom is -0.481 e. The highest BCUT2D eigenvalue weighted by Crippen LogP contribution is 2.40. The number of amides is 1. The van der Waals surface area contributed by atoms with Gasteiger partial charge in [0.15, 0.2) is 5.16 Å². The Labute approximate surface area is 156 Å². The Bertz CT molecular complexity index is 774. The summed E-state index contributed by atoms with van der Waals surface area (Å²) in [5, 5.41) is 20.8. The summed E-state index contributed by atoms with van der Waals surface area (Å²) in [6.07, 6.45) is 2.26. The molecule has 26 heavy (non-hydrogen) atoms. The van der Waals surface area contributed by atoms with Gasteiger partial charge in [0.05, 0.1) is 18.2 Å². The number of hydrogen-bond donors (Lipinski definition) is 2. The van der Waals surface area contributed by atoms with Crippen LogP contribution in [0.3, 0.4) is 0 Å². The minimum absolute atomic E-state index is 0.124. The van der Waals surface area contributed by atoms with Crippen LogP contribution < -0.4 is 5.32 Å². The first-order chi connectivity index (χ1) is 12.5. The highest BCUT2D eigenvalue weighted by Gasteiger charge is 2.30. The van der Waals surface area contributed by atoms with Gasteiger partial charge in [0.2, 0.25) is 5.91 Å². The Morgan fingerprint density at radius 1 is 1.31 bits per heavy atom. The first-order valence-corrected chi connectivity index (χ1v) is 9.62. The molecule has 7 nitrogen and oxygen atoms in total. The summed E-state index contributed by atoms with van der Waals surface area (Å²) in [5.41, 5.74) is 1.16. The van der Waals surface area contributed by atoms with E-state index in [9.17, 15) is 9.59 Å². The lowest BCUT2D eigenvalue weighted by Gasteiger charge is -2.11. The molecule has 0 spiro atoms. The van der Waals surface area contributed by atoms with Crippen LogP contribution in [0.2, 0.25) is 0 Å². The van der Waals surface area contributed by atoms with Gasteiger partial charge in [0.1, 0.15) is 5.82 Å². The number of thioether (sulfide) groups is 1. The Balaban J connectivity index is 1.62. The fourth-order valence-electron chi connectivity index (χ4n) is 2.50. The number of nitrogens with zero attached hydrogens (tertiary/aromatic N) is 3. The van der Waals surface area contributed by atoms with Crippen LogP contribution in [0.1, 0.15) is 37.1 Å². The van der Waals surface area contributed by atoms with Crippen molar-refractivity contribution in [3.8, 4) is 0 Å². The molecule has 1 amide bonds. The molecule has 1 aromatic heterocycles. The summed E-state index contributed by atoms with van der Waals surface area (Å²) in [6.45, 7) is 2.37. The molecule has 0 radical (unpaired) electrons. The number of carboxylic acid groups (broad SMARTS) is 1. The normalized spacial score (nSPS) is 14.8. The van der Waals surface area contributed by atoms with E-state index in [1.807, 2.05) is 18.2 Å². The number of aromatic nitrogens is 3. The number of rotatable bonds is 9. The predicted molar refractivity (Wildman–Crippen MR) is 98.1 cm³/mol. The van der Waals surface area contributed by atoms with Crippen LogP contribution in [0.5, 0.6) is 0 Å². The van der Waals surface area contributed by atoms with E-state index in [-0.39, 0.29) is 18.2 Å². The molecule has 0 saturated heterocycles. The molecule has 1 aliphatic rings. The van der Waals surface area contributed by atoms with E-state index in [4.69, 9.17) is 5.11 Å². The molecule has 2 N–H and O–H groups in total. The first-order valence-electron chi connectivity index (χ1n) is 8.64. The van der Waals surface area contributed by atoms with E-state index in [0.717, 1.165) is 29.4 Å². The van der Waals surface area contributed by atoms with E-state index in [2.05, 4.69) is 32.2 Å². The molecule has 1 aromatic carbocycles. The molecule has 1 fully saturated rings. The number of carbonyl (C=O) groups is 2. The SMILES string of the molecule is CC(CNC(=O)CSc1nnc(C2CC2)n1Cc1ccccc1)C(=O)O. The maximum atomic E-state index is 12.0. The summed E-state index contributed by atoms with van der Waals surface area (Å²) in [6, 6.07) is 10.1. The van der Waals surface area contributed by atoms with Crippen LogP contribution >= 0.6 is 11.8 Å². The van der Waals surface area contributed by atoms with Gasteiger partial charge >= 0.3 is 5.97 Å². The third-order valence-electron chi connectivity index (χ3n) is 4.23. The van der Waals surface area contributed by atoms with E-state index in [1.165, 1.54) is 11.8 Å². The van der Waals surface area contributed by atoms with Crippen LogP contribution in [-0.2, 0) is 16.1 Å². The topological polar surface area (TPSA) is 97.1 Å². The second-order valence-corrected chi connectivity index (χ2v) is 7.46. The predicted octanol–water partition coefficient (Wildman–Crippen LogP) is 2.13. The van der Waals surface area contributed by atoms with Crippen molar-refractivity contribution in [2.24, 2.45) is 5.92 Å². The molecule has 3 rings (SSSR count). The van der Waals surface area contributed by atoms with Gasteiger partial charge in [-0.3, -0.25) is 9.59 Å². The second-order valence-electron chi connectivity index (χ2n) is 6.52. The van der Waals surface area contributed by atoms with Gasteiger partial charge in [-0.25, -0.2) is 0 Å². The molecule has 1 aliphatic carbocycles. The van der Waals surface area contributed by atoms with Crippen molar-refractivity contribution in [1.82, 2.24) is 20.1 Å². The number of carbonyl (C=O) groups excluding carboxylic acids is 1. The summed E-state index contributed by atoms with van der Waals surface area (Å²) in [4.78, 5) is 22.8. The Kier molecular flexibility index (Phi) is 5.92. The van der Waals surface area contributed by atoms with Gasteiger partial charge in [-0.2, -0.15) is 0 Å². The number of nitrogens with one attached hydrogen (secondary N) is 1. The number of benzene rings is 1. The third-order valence-corrected chi connectivity index (χ3v) is 5.20. The molecule has 8 heteroatoms. The van der Waals surface area contributed by atoms with Crippen LogP contribution in [0, 0.1) is 5.92 Å². The van der Waals surface area contributed by atoms with E-state index in [1.54, 1.807) is 6.92 Å². The summed E-state index contributed by atoms with van der Waals surface area (Å²) < 4.78 is 2.09. The average Bonchev–Trinajstić information content (AvgIpc) is 3.41. The van der Waals surface area contributed by atoms with Crippen molar-refractivity contribution in [3.05, 3.63) is 41.7 Å². The van der Waals surface area contributed by atoms with Crippen LogP contribution in [0.4, 0.5) is 0 Å². The van der Waals surface area contributed by atoms with Crippen molar-refractivity contribution in [2.75, 3.05) is 12.3 Å². The number of aliphatic carboxylic acids is 1. The second kappa shape index (κ2) is 8.35. The van der Waals surface area contributed by atoms with Crippen LogP contribution in [-0.4, -0.2) is 44.0 Å². The average molecular weight is 374 g/mol. The lowest BCUT2D eigenvalue weighted by Crippen LogP contribution is -2.32. The van der Waals surface area contributed by atoms with E-state index >= 15 is 0 Å². The molecule has 1 heterocycles. The summed E-state index contributed by atoms with van der Waals surface area (Å²) in [5.74, 6) is -0.0987. The fourth-order valence-corrected chi connectivity index (χ4v) is 3.28. The third kappa shape index (κ3) is 4.85. The monoisotopic (exact) mass is 374 g/mol. The van der Waals surface area contributed by atoms with Gasteiger partial charge < -0.3 is 15.0 Å². The highest BCUT2D eigenvalue weighted by molar-refractivity contribution is 7.99. The largest absolute Gasteiger partial charge is 0.481 e. The lowest BCUT2D eigenvalue weighted by atomic mass is 10.2. The standard InChI is InChI=1S/C18H22N4O3S/c1-12(17(24)25)9-19-15(23)11-26-18-21-20-16(14-7-8-14)22(18)10-13-5-3-2-4-6-13/h2-6,12,14H,7-11H2,1H3,(H,19,23)(H,24,25). The summed E-state index contributed by atoms with van der Waals surface area (Å²) >= 11 is 1.33. The fraction of sp³-hybridized carbons (Fsp3) is 0.444. The van der Waals surface area contributed by atoms with Gasteiger partial charge in [-0.1, -0.05) is 49.0 Å². The van der Waals surface area contributed by atoms with Crippen molar-refractivity contribution in [1.29, 1.82) is 0 Å². The molecule has 2 aromatic rings. The molecule has 1 unspecified atom stereocenters. The van der Waals surface area contributed by atoms with E-state index < -0.39 is 11.9 Å².